The summed E-state index contributed by atoms with van der Waals surface area (Å²) in [6.45, 7) is 0.567. The number of carbonyl (C=O) groups is 1. The van der Waals surface area contributed by atoms with Crippen molar-refractivity contribution in [1.82, 2.24) is 4.90 Å². The van der Waals surface area contributed by atoms with E-state index in [1.807, 2.05) is 0 Å². The van der Waals surface area contributed by atoms with E-state index in [1.54, 1.807) is 72.6 Å². The topological polar surface area (TPSA) is 84.7 Å². The van der Waals surface area contributed by atoms with Gasteiger partial charge in [-0.25, -0.2) is 4.39 Å². The van der Waals surface area contributed by atoms with Gasteiger partial charge in [-0.1, -0.05) is 42.5 Å². The number of hydrogen-bond donors (Lipinski definition) is 1. The summed E-state index contributed by atoms with van der Waals surface area (Å²) in [6, 6.07) is 19.3. The normalized spacial score (nSPS) is 24.0. The third-order valence-corrected chi connectivity index (χ3v) is 6.64. The SMILES string of the molecule is CN1C[C@H](c2ccc(OCc3cccc(F)c3)cc2)[C@H]([N+](=O)[O-])[C@@]12C(=O)Nc1ccccc12. The minimum absolute atomic E-state index is 0.209. The highest BCUT2D eigenvalue weighted by atomic mass is 19.1. The second kappa shape index (κ2) is 7.97. The third-order valence-electron chi connectivity index (χ3n) is 6.64. The largest absolute Gasteiger partial charge is 0.489 e. The smallest absolute Gasteiger partial charge is 0.256 e. The third kappa shape index (κ3) is 3.34. The Morgan fingerprint density at radius 1 is 1.15 bits per heavy atom. The van der Waals surface area contributed by atoms with E-state index in [0.717, 1.165) is 5.56 Å². The number of carbonyl (C=O) groups excluding carboxylic acids is 1. The number of benzene rings is 3. The number of anilines is 1. The lowest BCUT2D eigenvalue weighted by atomic mass is 9.79. The van der Waals surface area contributed by atoms with Gasteiger partial charge in [0.25, 0.3) is 11.9 Å². The van der Waals surface area contributed by atoms with Crippen LogP contribution in [0.4, 0.5) is 10.1 Å². The zero-order valence-corrected chi connectivity index (χ0v) is 17.9. The number of amides is 1. The van der Waals surface area contributed by atoms with E-state index >= 15 is 0 Å². The Hall–Kier alpha value is -3.78. The molecule has 3 aromatic carbocycles. The molecule has 3 atom stereocenters. The maximum Gasteiger partial charge on any atom is 0.256 e. The van der Waals surface area contributed by atoms with Gasteiger partial charge in [0.05, 0.1) is 5.92 Å². The number of nitro groups is 1. The summed E-state index contributed by atoms with van der Waals surface area (Å²) in [5.74, 6) is -0.607. The molecule has 2 heterocycles. The van der Waals surface area contributed by atoms with Crippen molar-refractivity contribution in [2.75, 3.05) is 18.9 Å². The van der Waals surface area contributed by atoms with Crippen LogP contribution in [0.5, 0.6) is 5.75 Å². The average molecular weight is 447 g/mol. The van der Waals surface area contributed by atoms with Gasteiger partial charge < -0.3 is 10.1 Å². The number of likely N-dealkylation sites (N-methyl/N-ethyl adjacent to an activating group) is 1. The molecule has 0 saturated carbocycles. The molecule has 0 bridgehead atoms. The maximum atomic E-state index is 13.4. The molecular formula is C25H22FN3O4. The van der Waals surface area contributed by atoms with Gasteiger partial charge in [-0.05, 0) is 48.5 Å². The molecule has 2 aliphatic heterocycles. The van der Waals surface area contributed by atoms with Crippen molar-refractivity contribution in [3.63, 3.8) is 0 Å². The molecule has 0 aliphatic carbocycles. The predicted molar refractivity (Wildman–Crippen MR) is 120 cm³/mol. The lowest BCUT2D eigenvalue weighted by Crippen LogP contribution is -2.54. The van der Waals surface area contributed by atoms with Crippen LogP contribution in [0.3, 0.4) is 0 Å². The van der Waals surface area contributed by atoms with Crippen molar-refractivity contribution in [2.45, 2.75) is 24.1 Å². The van der Waals surface area contributed by atoms with Crippen LogP contribution >= 0.6 is 0 Å². The van der Waals surface area contributed by atoms with Crippen molar-refractivity contribution in [2.24, 2.45) is 0 Å². The lowest BCUT2D eigenvalue weighted by molar-refractivity contribution is -0.534. The van der Waals surface area contributed by atoms with Crippen LogP contribution in [-0.2, 0) is 16.9 Å². The van der Waals surface area contributed by atoms with E-state index in [2.05, 4.69) is 5.32 Å². The number of likely N-dealkylation sites (tertiary alicyclic amines) is 1. The molecule has 1 N–H and O–H groups in total. The molecule has 2 aliphatic rings. The van der Waals surface area contributed by atoms with Gasteiger partial charge in [0.2, 0.25) is 0 Å². The summed E-state index contributed by atoms with van der Waals surface area (Å²) in [6.07, 6.45) is 0. The minimum atomic E-state index is -1.36. The van der Waals surface area contributed by atoms with Crippen molar-refractivity contribution in [3.8, 4) is 5.75 Å². The molecule has 168 valence electrons. The second-order valence-corrected chi connectivity index (χ2v) is 8.47. The molecule has 1 fully saturated rings. The Morgan fingerprint density at radius 2 is 1.91 bits per heavy atom. The van der Waals surface area contributed by atoms with Gasteiger partial charge in [-0.3, -0.25) is 19.8 Å². The van der Waals surface area contributed by atoms with Crippen molar-refractivity contribution < 1.29 is 18.8 Å². The molecule has 3 aromatic rings. The van der Waals surface area contributed by atoms with Gasteiger partial charge in [0, 0.05) is 22.7 Å². The van der Waals surface area contributed by atoms with Crippen LogP contribution in [0.1, 0.15) is 22.6 Å². The predicted octanol–water partition coefficient (Wildman–Crippen LogP) is 3.93. The van der Waals surface area contributed by atoms with E-state index in [1.165, 1.54) is 12.1 Å². The molecule has 1 amide bonds. The highest BCUT2D eigenvalue weighted by Crippen LogP contribution is 2.51. The van der Waals surface area contributed by atoms with Gasteiger partial charge in [-0.15, -0.1) is 0 Å². The zero-order chi connectivity index (χ0) is 23.2. The summed E-state index contributed by atoms with van der Waals surface area (Å²) < 4.78 is 19.1. The maximum absolute atomic E-state index is 13.4. The number of fused-ring (bicyclic) bond motifs is 2. The molecule has 33 heavy (non-hydrogen) atoms. The Morgan fingerprint density at radius 3 is 2.64 bits per heavy atom. The highest BCUT2D eigenvalue weighted by molar-refractivity contribution is 6.06. The number of rotatable bonds is 5. The first-order valence-corrected chi connectivity index (χ1v) is 10.6. The minimum Gasteiger partial charge on any atom is -0.489 e. The van der Waals surface area contributed by atoms with E-state index in [4.69, 9.17) is 4.74 Å². The number of nitrogens with zero attached hydrogens (tertiary/aromatic N) is 2. The standard InChI is InChI=1S/C25H22FN3O4/c1-28-14-20(17-9-11-19(12-10-17)33-15-16-5-4-6-18(26)13-16)23(29(31)32)25(28)21-7-2-3-8-22(21)27-24(25)30/h2-13,20,23H,14-15H2,1H3,(H,27,30)/t20-,23+,25+/m1/s1. The number of nitrogens with one attached hydrogen (secondary N) is 1. The summed E-state index contributed by atoms with van der Waals surface area (Å²) in [7, 11) is 1.76. The van der Waals surface area contributed by atoms with Gasteiger partial charge in [0.15, 0.2) is 5.54 Å². The summed E-state index contributed by atoms with van der Waals surface area (Å²) in [5, 5.41) is 15.2. The van der Waals surface area contributed by atoms with Gasteiger partial charge >= 0.3 is 0 Å². The van der Waals surface area contributed by atoms with Crippen LogP contribution in [0.2, 0.25) is 0 Å². The van der Waals surface area contributed by atoms with Crippen LogP contribution in [-0.4, -0.2) is 35.4 Å². The van der Waals surface area contributed by atoms with E-state index in [0.29, 0.717) is 29.1 Å². The molecular weight excluding hydrogens is 425 g/mol. The van der Waals surface area contributed by atoms with Gasteiger partial charge in [-0.2, -0.15) is 0 Å². The molecule has 1 saturated heterocycles. The molecule has 1 spiro atoms. The molecule has 0 aromatic heterocycles. The Bertz CT molecular complexity index is 1230. The Labute approximate surface area is 189 Å². The lowest BCUT2D eigenvalue weighted by Gasteiger charge is -2.30. The van der Waals surface area contributed by atoms with Crippen LogP contribution in [0.15, 0.2) is 72.8 Å². The quantitative estimate of drug-likeness (QED) is 0.473. The number of hydrogen-bond acceptors (Lipinski definition) is 5. The number of para-hydroxylation sites is 1. The molecule has 0 radical (unpaired) electrons. The van der Waals surface area contributed by atoms with Crippen molar-refractivity contribution in [1.29, 1.82) is 0 Å². The second-order valence-electron chi connectivity index (χ2n) is 8.47. The first-order chi connectivity index (χ1) is 15.9. The van der Waals surface area contributed by atoms with Gasteiger partial charge in [0.1, 0.15) is 18.2 Å². The van der Waals surface area contributed by atoms with Crippen molar-refractivity contribution >= 4 is 11.6 Å². The fourth-order valence-corrected chi connectivity index (χ4v) is 5.18. The van der Waals surface area contributed by atoms with Crippen molar-refractivity contribution in [3.05, 3.63) is 105 Å². The summed E-state index contributed by atoms with van der Waals surface area (Å²) in [5.41, 5.74) is 1.35. The fraction of sp³-hybridized carbons (Fsp3) is 0.240. The number of ether oxygens (including phenoxy) is 1. The van der Waals surface area contributed by atoms with Crippen LogP contribution < -0.4 is 10.1 Å². The first kappa shape index (κ1) is 21.1. The average Bonchev–Trinajstić information content (AvgIpc) is 3.28. The van der Waals surface area contributed by atoms with E-state index < -0.39 is 17.5 Å². The fourth-order valence-electron chi connectivity index (χ4n) is 5.18. The first-order valence-electron chi connectivity index (χ1n) is 10.6. The molecule has 5 rings (SSSR count). The summed E-state index contributed by atoms with van der Waals surface area (Å²) >= 11 is 0. The monoisotopic (exact) mass is 447 g/mol. The molecule has 8 heteroatoms. The summed E-state index contributed by atoms with van der Waals surface area (Å²) in [4.78, 5) is 27.0. The Balaban J connectivity index is 1.43. The number of halogens is 1. The van der Waals surface area contributed by atoms with E-state index in [9.17, 15) is 19.3 Å². The van der Waals surface area contributed by atoms with E-state index in [-0.39, 0.29) is 23.3 Å². The highest BCUT2D eigenvalue weighted by Gasteiger charge is 2.68. The molecule has 7 nitrogen and oxygen atoms in total. The Kier molecular flexibility index (Phi) is 5.09. The molecule has 0 unspecified atom stereocenters. The van der Waals surface area contributed by atoms with Crippen LogP contribution in [0.25, 0.3) is 0 Å². The van der Waals surface area contributed by atoms with Crippen LogP contribution in [0, 0.1) is 15.9 Å². The zero-order valence-electron chi connectivity index (χ0n) is 17.9.